The third-order valence-corrected chi connectivity index (χ3v) is 5.06. The summed E-state index contributed by atoms with van der Waals surface area (Å²) in [6, 6.07) is 8.19. The van der Waals surface area contributed by atoms with E-state index in [1.165, 1.54) is 4.70 Å². The summed E-state index contributed by atoms with van der Waals surface area (Å²) in [5, 5.41) is 8.76. The van der Waals surface area contributed by atoms with E-state index in [0.29, 0.717) is 12.8 Å². The first-order chi connectivity index (χ1) is 11.1. The Bertz CT molecular complexity index is 899. The number of benzene rings is 1. The van der Waals surface area contributed by atoms with Gasteiger partial charge in [-0.25, -0.2) is 0 Å². The molecule has 23 heavy (non-hydrogen) atoms. The molecule has 1 aromatic heterocycles. The number of carbonyl (C=O) groups excluding carboxylic acids is 1. The molecule has 0 spiro atoms. The van der Waals surface area contributed by atoms with Crippen molar-refractivity contribution in [2.24, 2.45) is 17.3 Å². The molecule has 2 aromatic rings. The first-order valence-corrected chi connectivity index (χ1v) is 8.57. The molecule has 1 aliphatic rings. The number of rotatable bonds is 3. The highest BCUT2D eigenvalue weighted by molar-refractivity contribution is 7.16. The summed E-state index contributed by atoms with van der Waals surface area (Å²) in [6.07, 6.45) is 5.12. The summed E-state index contributed by atoms with van der Waals surface area (Å²) in [7, 11) is 1.99. The van der Waals surface area contributed by atoms with E-state index < -0.39 is 0 Å². The summed E-state index contributed by atoms with van der Waals surface area (Å²) in [4.78, 5) is 13.0. The zero-order chi connectivity index (χ0) is 16.4. The van der Waals surface area contributed by atoms with Crippen molar-refractivity contribution >= 4 is 33.0 Å². The molecular weight excluding hydrogens is 306 g/mol. The molecule has 0 N–H and O–H groups in total. The fraction of sp³-hybridized carbons (Fsp3) is 0.278. The van der Waals surface area contributed by atoms with Crippen LogP contribution in [0.15, 0.2) is 57.8 Å². The molecule has 0 bridgehead atoms. The van der Waals surface area contributed by atoms with Crippen LogP contribution in [0.25, 0.3) is 10.2 Å². The molecule has 1 aliphatic carbocycles. The number of hydrogen-bond acceptors (Lipinski definition) is 4. The topological polar surface area (TPSA) is 46.7 Å². The molecule has 3 rings (SSSR count). The number of Topliss-reactive ketones (excluding diaryl/α,β-unsaturated/α-hetero) is 1. The van der Waals surface area contributed by atoms with E-state index in [2.05, 4.69) is 22.3 Å². The van der Waals surface area contributed by atoms with Crippen molar-refractivity contribution in [2.75, 3.05) is 0 Å². The van der Waals surface area contributed by atoms with E-state index in [9.17, 15) is 4.79 Å². The molecule has 5 heteroatoms. The largest absolute Gasteiger partial charge is 0.318 e. The van der Waals surface area contributed by atoms with Crippen molar-refractivity contribution < 1.29 is 4.79 Å². The SMILES string of the molecule is CCC1=CC(=N/N=c2\sc3ccccc3n2C)C=C(CC)C1=O. The number of para-hydroxylation sites is 1. The summed E-state index contributed by atoms with van der Waals surface area (Å²) in [6.45, 7) is 3.98. The lowest BCUT2D eigenvalue weighted by molar-refractivity contribution is -0.112. The van der Waals surface area contributed by atoms with Gasteiger partial charge in [0.2, 0.25) is 4.80 Å². The molecular formula is C18H19N3OS. The molecule has 118 valence electrons. The normalized spacial score (nSPS) is 15.9. The van der Waals surface area contributed by atoms with E-state index in [4.69, 9.17) is 0 Å². The Hall–Kier alpha value is -2.27. The van der Waals surface area contributed by atoms with Crippen LogP contribution in [-0.2, 0) is 11.8 Å². The van der Waals surface area contributed by atoms with Crippen molar-refractivity contribution in [1.29, 1.82) is 0 Å². The second-order valence-electron chi connectivity index (χ2n) is 5.41. The van der Waals surface area contributed by atoms with Crippen molar-refractivity contribution in [3.05, 3.63) is 52.4 Å². The monoisotopic (exact) mass is 325 g/mol. The van der Waals surface area contributed by atoms with Crippen molar-refractivity contribution in [1.82, 2.24) is 4.57 Å². The summed E-state index contributed by atoms with van der Waals surface area (Å²) >= 11 is 1.61. The van der Waals surface area contributed by atoms with Gasteiger partial charge in [-0.2, -0.15) is 0 Å². The Kier molecular flexibility index (Phi) is 4.39. The van der Waals surface area contributed by atoms with E-state index in [0.717, 1.165) is 27.2 Å². The quantitative estimate of drug-likeness (QED) is 0.626. The smallest absolute Gasteiger partial charge is 0.211 e. The molecule has 0 saturated carbocycles. The number of aryl methyl sites for hydroxylation is 1. The zero-order valence-electron chi connectivity index (χ0n) is 13.5. The van der Waals surface area contributed by atoms with Gasteiger partial charge in [-0.05, 0) is 37.1 Å². The van der Waals surface area contributed by atoms with Crippen molar-refractivity contribution in [2.45, 2.75) is 26.7 Å². The van der Waals surface area contributed by atoms with Gasteiger partial charge in [0, 0.05) is 18.2 Å². The van der Waals surface area contributed by atoms with Crippen molar-refractivity contribution in [3.8, 4) is 0 Å². The van der Waals surface area contributed by atoms with Crippen LogP contribution in [0.4, 0.5) is 0 Å². The Morgan fingerprint density at radius 3 is 2.30 bits per heavy atom. The van der Waals surface area contributed by atoms with Gasteiger partial charge in [-0.15, -0.1) is 10.2 Å². The van der Waals surface area contributed by atoms with Gasteiger partial charge < -0.3 is 4.57 Å². The first kappa shape index (κ1) is 15.6. The van der Waals surface area contributed by atoms with Gasteiger partial charge in [0.25, 0.3) is 0 Å². The van der Waals surface area contributed by atoms with Gasteiger partial charge in [-0.3, -0.25) is 4.79 Å². The van der Waals surface area contributed by atoms with Crippen LogP contribution in [0.1, 0.15) is 26.7 Å². The predicted octanol–water partition coefficient (Wildman–Crippen LogP) is 3.75. The van der Waals surface area contributed by atoms with Crippen LogP contribution in [0, 0.1) is 0 Å². The van der Waals surface area contributed by atoms with Crippen LogP contribution in [0.3, 0.4) is 0 Å². The molecule has 1 heterocycles. The molecule has 0 radical (unpaired) electrons. The highest BCUT2D eigenvalue weighted by atomic mass is 32.1. The van der Waals surface area contributed by atoms with Crippen molar-refractivity contribution in [3.63, 3.8) is 0 Å². The second kappa shape index (κ2) is 6.46. The van der Waals surface area contributed by atoms with Gasteiger partial charge >= 0.3 is 0 Å². The highest BCUT2D eigenvalue weighted by Crippen LogP contribution is 2.19. The summed E-state index contributed by atoms with van der Waals surface area (Å²) < 4.78 is 3.22. The zero-order valence-corrected chi connectivity index (χ0v) is 14.4. The first-order valence-electron chi connectivity index (χ1n) is 7.76. The van der Waals surface area contributed by atoms with E-state index >= 15 is 0 Å². The fourth-order valence-corrected chi connectivity index (χ4v) is 3.57. The standard InChI is InChI=1S/C18H19N3OS/c1-4-12-10-14(11-13(5-2)17(12)22)19-20-18-21(3)15-8-6-7-9-16(15)23-18/h6-11H,4-5H2,1-3H3/b20-18-. The number of aromatic nitrogens is 1. The van der Waals surface area contributed by atoms with Gasteiger partial charge in [0.15, 0.2) is 5.78 Å². The lowest BCUT2D eigenvalue weighted by Gasteiger charge is -2.11. The third kappa shape index (κ3) is 2.97. The number of ketones is 1. The van der Waals surface area contributed by atoms with Gasteiger partial charge in [-0.1, -0.05) is 37.3 Å². The second-order valence-corrected chi connectivity index (χ2v) is 6.42. The molecule has 4 nitrogen and oxygen atoms in total. The molecule has 0 aliphatic heterocycles. The van der Waals surface area contributed by atoms with E-state index in [1.807, 2.05) is 49.7 Å². The van der Waals surface area contributed by atoms with Crippen LogP contribution in [0.5, 0.6) is 0 Å². The molecule has 0 amide bonds. The summed E-state index contributed by atoms with van der Waals surface area (Å²) in [5.41, 5.74) is 3.50. The molecule has 0 saturated heterocycles. The van der Waals surface area contributed by atoms with Crippen LogP contribution in [-0.4, -0.2) is 16.1 Å². The molecule has 0 unspecified atom stereocenters. The molecule has 0 fully saturated rings. The number of fused-ring (bicyclic) bond motifs is 1. The Morgan fingerprint density at radius 2 is 1.70 bits per heavy atom. The van der Waals surface area contributed by atoms with Crippen LogP contribution < -0.4 is 4.80 Å². The van der Waals surface area contributed by atoms with Crippen LogP contribution >= 0.6 is 11.3 Å². The average Bonchev–Trinajstić information content (AvgIpc) is 2.90. The van der Waals surface area contributed by atoms with E-state index in [1.54, 1.807) is 11.3 Å². The lowest BCUT2D eigenvalue weighted by Crippen LogP contribution is -2.14. The Labute approximate surface area is 139 Å². The maximum Gasteiger partial charge on any atom is 0.211 e. The van der Waals surface area contributed by atoms with Gasteiger partial charge in [0.1, 0.15) is 0 Å². The fourth-order valence-electron chi connectivity index (χ4n) is 2.60. The van der Waals surface area contributed by atoms with Crippen LogP contribution in [0.2, 0.25) is 0 Å². The number of thiazole rings is 1. The minimum Gasteiger partial charge on any atom is -0.318 e. The highest BCUT2D eigenvalue weighted by Gasteiger charge is 2.17. The lowest BCUT2D eigenvalue weighted by atomic mass is 9.92. The number of hydrogen-bond donors (Lipinski definition) is 0. The number of nitrogens with zero attached hydrogens (tertiary/aromatic N) is 3. The maximum atomic E-state index is 12.2. The number of allylic oxidation sites excluding steroid dienone is 4. The molecule has 0 atom stereocenters. The predicted molar refractivity (Wildman–Crippen MR) is 95.5 cm³/mol. The van der Waals surface area contributed by atoms with Gasteiger partial charge in [0.05, 0.1) is 15.9 Å². The number of carbonyl (C=O) groups is 1. The third-order valence-electron chi connectivity index (χ3n) is 3.96. The Balaban J connectivity index is 2.06. The Morgan fingerprint density at radius 1 is 1.04 bits per heavy atom. The maximum absolute atomic E-state index is 12.2. The minimum absolute atomic E-state index is 0.140. The van der Waals surface area contributed by atoms with E-state index in [-0.39, 0.29) is 5.78 Å². The average molecular weight is 325 g/mol. The summed E-state index contributed by atoms with van der Waals surface area (Å²) in [5.74, 6) is 0.140. The minimum atomic E-state index is 0.140. The molecule has 1 aromatic carbocycles.